The first-order valence-corrected chi connectivity index (χ1v) is 6.66. The summed E-state index contributed by atoms with van der Waals surface area (Å²) in [6, 6.07) is 2.88. The topological polar surface area (TPSA) is 76.0 Å². The molecule has 0 saturated heterocycles. The summed E-state index contributed by atoms with van der Waals surface area (Å²) in [5, 5.41) is 4.59. The predicted octanol–water partition coefficient (Wildman–Crippen LogP) is 2.62. The van der Waals surface area contributed by atoms with Gasteiger partial charge in [0.2, 0.25) is 5.09 Å². The first-order chi connectivity index (χ1) is 8.18. The summed E-state index contributed by atoms with van der Waals surface area (Å²) in [5.74, 6) is -0.138. The minimum Gasteiger partial charge on any atom is -0.442 e. The highest BCUT2D eigenvalue weighted by Gasteiger charge is 2.33. The molecular formula is C8H4ClF3N2O3S. The van der Waals surface area contributed by atoms with Gasteiger partial charge in [-0.05, 0) is 18.2 Å². The van der Waals surface area contributed by atoms with Crippen LogP contribution in [0.25, 0.3) is 11.5 Å². The monoisotopic (exact) mass is 300 g/mol. The molecule has 0 saturated carbocycles. The first kappa shape index (κ1) is 13.0. The smallest absolute Gasteiger partial charge is 0.432 e. The molecule has 0 spiro atoms. The van der Waals surface area contributed by atoms with Crippen LogP contribution >= 0.6 is 10.7 Å². The van der Waals surface area contributed by atoms with Crippen molar-refractivity contribution < 1.29 is 26.0 Å². The maximum Gasteiger partial charge on any atom is 0.432 e. The molecule has 2 aromatic rings. The molecule has 5 nitrogen and oxygen atoms in total. The summed E-state index contributed by atoms with van der Waals surface area (Å²) in [4.78, 5) is 0. The molecule has 0 unspecified atom stereocenters. The van der Waals surface area contributed by atoms with Crippen LogP contribution in [0.5, 0.6) is 0 Å². The van der Waals surface area contributed by atoms with Gasteiger partial charge >= 0.3 is 6.18 Å². The largest absolute Gasteiger partial charge is 0.442 e. The number of hydrogen-bond acceptors (Lipinski definition) is 4. The number of rotatable bonds is 2. The van der Waals surface area contributed by atoms with Gasteiger partial charge in [-0.25, -0.2) is 8.42 Å². The Morgan fingerprint density at radius 2 is 2.00 bits per heavy atom. The minimum absolute atomic E-state index is 0.138. The molecule has 1 N–H and O–H groups in total. The van der Waals surface area contributed by atoms with Gasteiger partial charge in [-0.2, -0.15) is 18.3 Å². The first-order valence-electron chi connectivity index (χ1n) is 4.35. The third-order valence-corrected chi connectivity index (χ3v) is 3.11. The zero-order chi connectivity index (χ0) is 13.6. The Hall–Kier alpha value is -1.48. The van der Waals surface area contributed by atoms with Crippen LogP contribution in [-0.2, 0) is 15.2 Å². The molecular weight excluding hydrogens is 297 g/mol. The van der Waals surface area contributed by atoms with Crippen molar-refractivity contribution in [3.8, 4) is 11.5 Å². The lowest BCUT2D eigenvalue weighted by Gasteiger charge is -1.99. The van der Waals surface area contributed by atoms with E-state index < -0.39 is 26.0 Å². The Labute approximate surface area is 103 Å². The highest BCUT2D eigenvalue weighted by molar-refractivity contribution is 8.13. The average Bonchev–Trinajstić information content (AvgIpc) is 2.84. The number of H-pyrrole nitrogens is 1. The third-order valence-electron chi connectivity index (χ3n) is 1.96. The van der Waals surface area contributed by atoms with Crippen molar-refractivity contribution >= 4 is 19.7 Å². The van der Waals surface area contributed by atoms with Gasteiger partial charge in [0.1, 0.15) is 11.4 Å². The fraction of sp³-hybridized carbons (Fsp3) is 0.125. The second-order valence-electron chi connectivity index (χ2n) is 3.22. The standard InChI is InChI=1S/C8H4ClF3N2O3S/c9-18(15,16)7-2-1-5(17-7)4-3-6(14-13-4)8(10,11)12/h1-3H,(H,13,14). The third kappa shape index (κ3) is 2.51. The van der Waals surface area contributed by atoms with E-state index >= 15 is 0 Å². The highest BCUT2D eigenvalue weighted by atomic mass is 35.7. The number of hydrogen-bond donors (Lipinski definition) is 1. The van der Waals surface area contributed by atoms with Crippen molar-refractivity contribution in [1.29, 1.82) is 0 Å². The number of aromatic nitrogens is 2. The number of nitrogens with zero attached hydrogens (tertiary/aromatic N) is 1. The number of furan rings is 1. The molecule has 10 heteroatoms. The van der Waals surface area contributed by atoms with Crippen molar-refractivity contribution in [1.82, 2.24) is 10.2 Å². The van der Waals surface area contributed by atoms with Crippen LogP contribution in [0, 0.1) is 0 Å². The molecule has 0 bridgehead atoms. The van der Waals surface area contributed by atoms with Crippen LogP contribution in [0.2, 0.25) is 0 Å². The Morgan fingerprint density at radius 1 is 1.33 bits per heavy atom. The van der Waals surface area contributed by atoms with Crippen molar-refractivity contribution in [2.24, 2.45) is 0 Å². The summed E-state index contributed by atoms with van der Waals surface area (Å²) in [5.41, 5.74) is -1.24. The molecule has 2 rings (SSSR count). The molecule has 0 amide bonds. The maximum atomic E-state index is 12.3. The molecule has 98 valence electrons. The quantitative estimate of drug-likeness (QED) is 0.865. The lowest BCUT2D eigenvalue weighted by molar-refractivity contribution is -0.141. The van der Waals surface area contributed by atoms with Crippen molar-refractivity contribution in [2.45, 2.75) is 11.3 Å². The van der Waals surface area contributed by atoms with Crippen molar-refractivity contribution in [2.75, 3.05) is 0 Å². The van der Waals surface area contributed by atoms with Gasteiger partial charge in [0.15, 0.2) is 5.76 Å². The van der Waals surface area contributed by atoms with E-state index in [1.807, 2.05) is 0 Å². The van der Waals surface area contributed by atoms with E-state index in [2.05, 4.69) is 5.10 Å². The van der Waals surface area contributed by atoms with Crippen LogP contribution < -0.4 is 0 Å². The van der Waals surface area contributed by atoms with E-state index in [0.29, 0.717) is 6.07 Å². The van der Waals surface area contributed by atoms with Gasteiger partial charge in [-0.3, -0.25) is 5.10 Å². The van der Waals surface area contributed by atoms with Crippen LogP contribution in [0.4, 0.5) is 13.2 Å². The van der Waals surface area contributed by atoms with E-state index in [4.69, 9.17) is 15.1 Å². The Bertz CT molecular complexity index is 674. The lowest BCUT2D eigenvalue weighted by Crippen LogP contribution is -2.04. The Balaban J connectivity index is 2.39. The fourth-order valence-electron chi connectivity index (χ4n) is 1.18. The van der Waals surface area contributed by atoms with Crippen LogP contribution in [-0.4, -0.2) is 18.6 Å². The second-order valence-corrected chi connectivity index (χ2v) is 5.72. The molecule has 0 fully saturated rings. The van der Waals surface area contributed by atoms with Gasteiger partial charge in [-0.15, -0.1) is 0 Å². The summed E-state index contributed by atoms with van der Waals surface area (Å²) in [6.07, 6.45) is -4.57. The second kappa shape index (κ2) is 4.02. The lowest BCUT2D eigenvalue weighted by atomic mass is 10.3. The molecule has 0 aliphatic heterocycles. The number of nitrogens with one attached hydrogen (secondary N) is 1. The average molecular weight is 301 g/mol. The SMILES string of the molecule is O=S(=O)(Cl)c1ccc(-c2cc(C(F)(F)F)[nH]n2)o1. The zero-order valence-corrected chi connectivity index (χ0v) is 9.90. The van der Waals surface area contributed by atoms with Gasteiger partial charge in [0, 0.05) is 10.7 Å². The molecule has 18 heavy (non-hydrogen) atoms. The molecule has 2 heterocycles. The zero-order valence-electron chi connectivity index (χ0n) is 8.32. The molecule has 0 atom stereocenters. The van der Waals surface area contributed by atoms with Gasteiger partial charge in [-0.1, -0.05) is 0 Å². The van der Waals surface area contributed by atoms with Crippen molar-refractivity contribution in [3.63, 3.8) is 0 Å². The summed E-state index contributed by atoms with van der Waals surface area (Å²) in [6.45, 7) is 0. The van der Waals surface area contributed by atoms with Crippen molar-refractivity contribution in [3.05, 3.63) is 23.9 Å². The maximum absolute atomic E-state index is 12.3. The van der Waals surface area contributed by atoms with Gasteiger partial charge < -0.3 is 4.42 Å². The minimum atomic E-state index is -4.57. The number of alkyl halides is 3. The van der Waals surface area contributed by atoms with Gasteiger partial charge in [0.05, 0.1) is 0 Å². The van der Waals surface area contributed by atoms with Gasteiger partial charge in [0.25, 0.3) is 9.05 Å². The van der Waals surface area contributed by atoms with Crippen LogP contribution in [0.1, 0.15) is 5.69 Å². The predicted molar refractivity (Wildman–Crippen MR) is 54.3 cm³/mol. The molecule has 0 aliphatic carbocycles. The fourth-order valence-corrected chi connectivity index (χ4v) is 1.85. The van der Waals surface area contributed by atoms with Crippen LogP contribution in [0.3, 0.4) is 0 Å². The molecule has 0 aliphatic rings. The van der Waals surface area contributed by atoms with E-state index in [0.717, 1.165) is 12.1 Å². The van der Waals surface area contributed by atoms with E-state index in [1.165, 1.54) is 0 Å². The summed E-state index contributed by atoms with van der Waals surface area (Å²) >= 11 is 0. The molecule has 2 aromatic heterocycles. The van der Waals surface area contributed by atoms with E-state index in [9.17, 15) is 21.6 Å². The van der Waals surface area contributed by atoms with Crippen LogP contribution in [0.15, 0.2) is 27.7 Å². The molecule has 0 radical (unpaired) electrons. The highest BCUT2D eigenvalue weighted by Crippen LogP contribution is 2.31. The number of aromatic amines is 1. The van der Waals surface area contributed by atoms with E-state index in [1.54, 1.807) is 5.10 Å². The summed E-state index contributed by atoms with van der Waals surface area (Å²) < 4.78 is 63.5. The Morgan fingerprint density at radius 3 is 2.44 bits per heavy atom. The molecule has 0 aromatic carbocycles. The summed E-state index contributed by atoms with van der Waals surface area (Å²) in [7, 11) is 0.941. The number of halogens is 4. The van der Waals surface area contributed by atoms with E-state index in [-0.39, 0.29) is 11.5 Å². The normalized spacial score (nSPS) is 12.9. The Kier molecular flexibility index (Phi) is 2.90.